The summed E-state index contributed by atoms with van der Waals surface area (Å²) in [6.45, 7) is 9.41. The maximum absolute atomic E-state index is 12.0. The normalized spacial score (nSPS) is 11.7. The van der Waals surface area contributed by atoms with Crippen molar-refractivity contribution in [1.82, 2.24) is 15.1 Å². The van der Waals surface area contributed by atoms with E-state index < -0.39 is 0 Å². The highest BCUT2D eigenvalue weighted by atomic mass is 16.5. The number of rotatable bonds is 7. The molecule has 0 fully saturated rings. The summed E-state index contributed by atoms with van der Waals surface area (Å²) in [6, 6.07) is 8.34. The molecule has 0 radical (unpaired) electrons. The minimum atomic E-state index is -0.374. The van der Waals surface area contributed by atoms with Gasteiger partial charge >= 0.3 is 12.0 Å². The maximum atomic E-state index is 12.0. The van der Waals surface area contributed by atoms with Crippen molar-refractivity contribution in [3.8, 4) is 0 Å². The molecular weight excluding hydrogens is 332 g/mol. The third kappa shape index (κ3) is 5.61. The fourth-order valence-corrected chi connectivity index (χ4v) is 2.57. The van der Waals surface area contributed by atoms with Crippen LogP contribution in [0.15, 0.2) is 30.3 Å². The molecule has 1 heterocycles. The molecule has 0 spiro atoms. The number of anilines is 1. The highest BCUT2D eigenvalue weighted by Gasteiger charge is 2.10. The van der Waals surface area contributed by atoms with E-state index in [0.717, 1.165) is 17.9 Å². The SMILES string of the molecule is CCOC(=O)c1ccc(NC(=O)NC[C@H](C)Cn2nc(C)cc2C)cc1. The van der Waals surface area contributed by atoms with Crippen LogP contribution < -0.4 is 10.6 Å². The van der Waals surface area contributed by atoms with E-state index in [0.29, 0.717) is 24.4 Å². The van der Waals surface area contributed by atoms with Gasteiger partial charge in [-0.05, 0) is 57.0 Å². The Bertz CT molecular complexity index is 753. The van der Waals surface area contributed by atoms with Crippen LogP contribution in [0.4, 0.5) is 10.5 Å². The van der Waals surface area contributed by atoms with Gasteiger partial charge in [0.25, 0.3) is 0 Å². The van der Waals surface area contributed by atoms with Crippen molar-refractivity contribution in [2.24, 2.45) is 5.92 Å². The summed E-state index contributed by atoms with van der Waals surface area (Å²) in [5.41, 5.74) is 3.17. The van der Waals surface area contributed by atoms with E-state index in [2.05, 4.69) is 22.7 Å². The minimum Gasteiger partial charge on any atom is -0.462 e. The van der Waals surface area contributed by atoms with E-state index in [9.17, 15) is 9.59 Å². The molecule has 2 aromatic rings. The smallest absolute Gasteiger partial charge is 0.338 e. The second-order valence-electron chi connectivity index (χ2n) is 6.35. The Morgan fingerprint density at radius 3 is 2.50 bits per heavy atom. The Kier molecular flexibility index (Phi) is 6.77. The zero-order chi connectivity index (χ0) is 19.1. The summed E-state index contributed by atoms with van der Waals surface area (Å²) in [6.07, 6.45) is 0. The minimum absolute atomic E-state index is 0.241. The Morgan fingerprint density at radius 2 is 1.92 bits per heavy atom. The highest BCUT2D eigenvalue weighted by Crippen LogP contribution is 2.11. The first-order valence-electron chi connectivity index (χ1n) is 8.72. The van der Waals surface area contributed by atoms with Gasteiger partial charge in [-0.2, -0.15) is 5.10 Å². The molecule has 2 amide bonds. The van der Waals surface area contributed by atoms with Gasteiger partial charge in [0.1, 0.15) is 0 Å². The number of amides is 2. The number of ether oxygens (including phenoxy) is 1. The fraction of sp³-hybridized carbons (Fsp3) is 0.421. The topological polar surface area (TPSA) is 85.2 Å². The quantitative estimate of drug-likeness (QED) is 0.745. The van der Waals surface area contributed by atoms with Crippen LogP contribution in [0.25, 0.3) is 0 Å². The third-order valence-electron chi connectivity index (χ3n) is 3.85. The Balaban J connectivity index is 1.79. The van der Waals surface area contributed by atoms with Crippen molar-refractivity contribution in [2.75, 3.05) is 18.5 Å². The molecule has 1 aromatic carbocycles. The van der Waals surface area contributed by atoms with Gasteiger partial charge in [0, 0.05) is 24.5 Å². The monoisotopic (exact) mass is 358 g/mol. The number of aromatic nitrogens is 2. The van der Waals surface area contributed by atoms with Crippen LogP contribution >= 0.6 is 0 Å². The molecule has 0 saturated carbocycles. The predicted octanol–water partition coefficient (Wildman–Crippen LogP) is 3.13. The van der Waals surface area contributed by atoms with Crippen LogP contribution in [0.1, 0.15) is 35.6 Å². The lowest BCUT2D eigenvalue weighted by Gasteiger charge is -2.14. The summed E-state index contributed by atoms with van der Waals surface area (Å²) in [5, 5.41) is 10.0. The first-order chi connectivity index (χ1) is 12.4. The Morgan fingerprint density at radius 1 is 1.23 bits per heavy atom. The van der Waals surface area contributed by atoms with Crippen molar-refractivity contribution in [1.29, 1.82) is 0 Å². The number of carbonyl (C=O) groups excluding carboxylic acids is 2. The zero-order valence-corrected chi connectivity index (χ0v) is 15.7. The third-order valence-corrected chi connectivity index (χ3v) is 3.85. The largest absolute Gasteiger partial charge is 0.462 e. The number of nitrogens with one attached hydrogen (secondary N) is 2. The number of esters is 1. The second-order valence-corrected chi connectivity index (χ2v) is 6.35. The summed E-state index contributed by atoms with van der Waals surface area (Å²) < 4.78 is 6.88. The predicted molar refractivity (Wildman–Crippen MR) is 100 cm³/mol. The molecule has 7 nitrogen and oxygen atoms in total. The van der Waals surface area contributed by atoms with Crippen LogP contribution in [0, 0.1) is 19.8 Å². The number of hydrogen-bond donors (Lipinski definition) is 2. The van der Waals surface area contributed by atoms with Crippen molar-refractivity contribution >= 4 is 17.7 Å². The number of benzene rings is 1. The average Bonchev–Trinajstić information content (AvgIpc) is 2.91. The molecule has 0 aliphatic rings. The Hall–Kier alpha value is -2.83. The van der Waals surface area contributed by atoms with Gasteiger partial charge in [-0.25, -0.2) is 9.59 Å². The van der Waals surface area contributed by atoms with Crippen molar-refractivity contribution in [2.45, 2.75) is 34.2 Å². The maximum Gasteiger partial charge on any atom is 0.338 e. The van der Waals surface area contributed by atoms with Crippen molar-refractivity contribution < 1.29 is 14.3 Å². The molecule has 140 valence electrons. The summed E-state index contributed by atoms with van der Waals surface area (Å²) in [4.78, 5) is 23.6. The lowest BCUT2D eigenvalue weighted by molar-refractivity contribution is 0.0526. The molecule has 1 atom stereocenters. The van der Waals surface area contributed by atoms with E-state index in [1.807, 2.05) is 24.6 Å². The van der Waals surface area contributed by atoms with E-state index >= 15 is 0 Å². The van der Waals surface area contributed by atoms with Gasteiger partial charge in [-0.3, -0.25) is 4.68 Å². The van der Waals surface area contributed by atoms with E-state index in [-0.39, 0.29) is 17.9 Å². The van der Waals surface area contributed by atoms with Gasteiger partial charge in [-0.15, -0.1) is 0 Å². The first-order valence-corrected chi connectivity index (χ1v) is 8.72. The summed E-state index contributed by atoms with van der Waals surface area (Å²) >= 11 is 0. The summed E-state index contributed by atoms with van der Waals surface area (Å²) in [7, 11) is 0. The van der Waals surface area contributed by atoms with Crippen LogP contribution in [0.3, 0.4) is 0 Å². The molecule has 0 aliphatic heterocycles. The number of urea groups is 1. The van der Waals surface area contributed by atoms with Gasteiger partial charge in [0.05, 0.1) is 17.9 Å². The van der Waals surface area contributed by atoms with Gasteiger partial charge in [0.2, 0.25) is 0 Å². The fourth-order valence-electron chi connectivity index (χ4n) is 2.57. The van der Waals surface area contributed by atoms with Crippen LogP contribution in [0.2, 0.25) is 0 Å². The molecule has 7 heteroatoms. The standard InChI is InChI=1S/C19H26N4O3/c1-5-26-18(24)16-6-8-17(9-7-16)21-19(25)20-11-13(2)12-23-15(4)10-14(3)22-23/h6-10,13H,5,11-12H2,1-4H3,(H2,20,21,25)/t13-/m0/s1. The van der Waals surface area contributed by atoms with Gasteiger partial charge in [-0.1, -0.05) is 6.92 Å². The molecular formula is C19H26N4O3. The lowest BCUT2D eigenvalue weighted by atomic mass is 10.2. The number of carbonyl (C=O) groups is 2. The molecule has 26 heavy (non-hydrogen) atoms. The van der Waals surface area contributed by atoms with Crippen LogP contribution in [-0.2, 0) is 11.3 Å². The molecule has 2 N–H and O–H groups in total. The first kappa shape index (κ1) is 19.5. The van der Waals surface area contributed by atoms with Crippen molar-refractivity contribution in [3.63, 3.8) is 0 Å². The molecule has 1 aromatic heterocycles. The van der Waals surface area contributed by atoms with Crippen molar-refractivity contribution in [3.05, 3.63) is 47.3 Å². The molecule has 0 aliphatic carbocycles. The molecule has 2 rings (SSSR count). The molecule has 0 unspecified atom stereocenters. The van der Waals surface area contributed by atoms with E-state index in [1.54, 1.807) is 31.2 Å². The number of nitrogens with zero attached hydrogens (tertiary/aromatic N) is 2. The number of aryl methyl sites for hydroxylation is 2. The molecule has 0 saturated heterocycles. The van der Waals surface area contributed by atoms with Crippen LogP contribution in [0.5, 0.6) is 0 Å². The summed E-state index contributed by atoms with van der Waals surface area (Å²) in [5.74, 6) is -0.133. The average molecular weight is 358 g/mol. The zero-order valence-electron chi connectivity index (χ0n) is 15.7. The van der Waals surface area contributed by atoms with Crippen LogP contribution in [-0.4, -0.2) is 34.9 Å². The number of hydrogen-bond acceptors (Lipinski definition) is 4. The van der Waals surface area contributed by atoms with Gasteiger partial charge < -0.3 is 15.4 Å². The Labute approximate surface area is 153 Å². The highest BCUT2D eigenvalue weighted by molar-refractivity contribution is 5.92. The van der Waals surface area contributed by atoms with Gasteiger partial charge in [0.15, 0.2) is 0 Å². The molecule has 0 bridgehead atoms. The van der Waals surface area contributed by atoms with E-state index in [1.165, 1.54) is 0 Å². The second kappa shape index (κ2) is 9.03. The van der Waals surface area contributed by atoms with E-state index in [4.69, 9.17) is 4.74 Å². The lowest BCUT2D eigenvalue weighted by Crippen LogP contribution is -2.33.